The normalized spacial score (nSPS) is 11.4. The topological polar surface area (TPSA) is 63.4 Å². The summed E-state index contributed by atoms with van der Waals surface area (Å²) < 4.78 is 27.8. The average Bonchev–Trinajstić information content (AvgIpc) is 2.91. The number of benzene rings is 1. The smallest absolute Gasteiger partial charge is 0.253 e. The zero-order valence-electron chi connectivity index (χ0n) is 11.8. The molecule has 2 N–H and O–H groups in total. The van der Waals surface area contributed by atoms with Gasteiger partial charge in [-0.05, 0) is 39.4 Å². The third kappa shape index (κ3) is 4.78. The molecule has 0 amide bonds. The molecular weight excluding hydrogens is 408 g/mol. The van der Waals surface area contributed by atoms with Crippen LogP contribution in [0.25, 0.3) is 0 Å². The van der Waals surface area contributed by atoms with Crippen LogP contribution in [0.3, 0.4) is 0 Å². The number of halogens is 2. The minimum absolute atomic E-state index is 0. The number of nitrogens with two attached hydrogens (primary N) is 1. The molecule has 4 nitrogen and oxygen atoms in total. The number of hydrogen-bond donors (Lipinski definition) is 1. The van der Waals surface area contributed by atoms with E-state index in [2.05, 4.69) is 15.9 Å². The number of rotatable bonds is 7. The van der Waals surface area contributed by atoms with Crippen molar-refractivity contribution >= 4 is 49.7 Å². The summed E-state index contributed by atoms with van der Waals surface area (Å²) in [6.45, 7) is 1.05. The van der Waals surface area contributed by atoms with Gasteiger partial charge < -0.3 is 5.73 Å². The Morgan fingerprint density at radius 3 is 2.36 bits per heavy atom. The monoisotopic (exact) mass is 424 g/mol. The van der Waals surface area contributed by atoms with Crippen molar-refractivity contribution in [2.24, 2.45) is 5.73 Å². The number of hydrogen-bond acceptors (Lipinski definition) is 4. The highest BCUT2D eigenvalue weighted by atomic mass is 79.9. The van der Waals surface area contributed by atoms with Crippen molar-refractivity contribution in [1.29, 1.82) is 0 Å². The minimum Gasteiger partial charge on any atom is -0.329 e. The van der Waals surface area contributed by atoms with Gasteiger partial charge in [0.1, 0.15) is 4.21 Å². The van der Waals surface area contributed by atoms with Crippen LogP contribution in [0.4, 0.5) is 0 Å². The Bertz CT molecular complexity index is 677. The largest absolute Gasteiger partial charge is 0.329 e. The molecule has 22 heavy (non-hydrogen) atoms. The van der Waals surface area contributed by atoms with E-state index in [0.717, 1.165) is 5.56 Å². The van der Waals surface area contributed by atoms with Crippen molar-refractivity contribution < 1.29 is 8.42 Å². The van der Waals surface area contributed by atoms with Gasteiger partial charge in [0.2, 0.25) is 0 Å². The molecule has 1 heterocycles. The standard InChI is InChI=1S/C14H17BrN2O2S2.ClH/c15-13-7-11-20-14(13)21(18,19)17(10-8-16)9-6-12-4-2-1-3-5-12;/h1-5,7,11H,6,8-10,16H2;1H. The first-order valence-electron chi connectivity index (χ1n) is 6.53. The molecular formula is C14H18BrClN2O2S2. The molecule has 0 radical (unpaired) electrons. The molecule has 0 unspecified atom stereocenters. The van der Waals surface area contributed by atoms with E-state index >= 15 is 0 Å². The first-order chi connectivity index (χ1) is 10.1. The predicted molar refractivity (Wildman–Crippen MR) is 97.2 cm³/mol. The molecule has 0 aliphatic carbocycles. The van der Waals surface area contributed by atoms with Crippen LogP contribution in [0, 0.1) is 0 Å². The lowest BCUT2D eigenvalue weighted by Crippen LogP contribution is -2.36. The van der Waals surface area contributed by atoms with Crippen molar-refractivity contribution in [3.05, 3.63) is 51.8 Å². The van der Waals surface area contributed by atoms with Gasteiger partial charge >= 0.3 is 0 Å². The van der Waals surface area contributed by atoms with Gasteiger partial charge in [-0.25, -0.2) is 8.42 Å². The summed E-state index contributed by atoms with van der Waals surface area (Å²) in [5.74, 6) is 0. The van der Waals surface area contributed by atoms with Crippen LogP contribution in [-0.4, -0.2) is 32.4 Å². The van der Waals surface area contributed by atoms with Crippen molar-refractivity contribution in [2.75, 3.05) is 19.6 Å². The lowest BCUT2D eigenvalue weighted by Gasteiger charge is -2.21. The number of nitrogens with zero attached hydrogens (tertiary/aromatic N) is 1. The zero-order chi connectivity index (χ0) is 15.3. The van der Waals surface area contributed by atoms with Crippen molar-refractivity contribution in [3.8, 4) is 0 Å². The molecule has 0 atom stereocenters. The molecule has 8 heteroatoms. The maximum atomic E-state index is 12.7. The van der Waals surface area contributed by atoms with Gasteiger partial charge in [0.25, 0.3) is 10.0 Å². The lowest BCUT2D eigenvalue weighted by atomic mass is 10.1. The van der Waals surface area contributed by atoms with Gasteiger partial charge in [-0.2, -0.15) is 4.31 Å². The van der Waals surface area contributed by atoms with Gasteiger partial charge in [-0.3, -0.25) is 0 Å². The summed E-state index contributed by atoms with van der Waals surface area (Å²) in [4.78, 5) is 0. The molecule has 0 bridgehead atoms. The van der Waals surface area contributed by atoms with Crippen LogP contribution >= 0.6 is 39.7 Å². The summed E-state index contributed by atoms with van der Waals surface area (Å²) in [6, 6.07) is 11.6. The van der Waals surface area contributed by atoms with Crippen molar-refractivity contribution in [2.45, 2.75) is 10.6 Å². The first kappa shape index (κ1) is 19.6. The predicted octanol–water partition coefficient (Wildman–Crippen LogP) is 3.12. The van der Waals surface area contributed by atoms with Gasteiger partial charge in [-0.1, -0.05) is 30.3 Å². The van der Waals surface area contributed by atoms with Gasteiger partial charge in [0.05, 0.1) is 0 Å². The third-order valence-electron chi connectivity index (χ3n) is 3.03. The molecule has 2 rings (SSSR count). The van der Waals surface area contributed by atoms with E-state index in [9.17, 15) is 8.42 Å². The first-order valence-corrected chi connectivity index (χ1v) is 9.64. The molecule has 122 valence electrons. The van der Waals surface area contributed by atoms with Gasteiger partial charge in [0.15, 0.2) is 0 Å². The maximum absolute atomic E-state index is 12.7. The second kappa shape index (κ2) is 9.00. The van der Waals surface area contributed by atoms with E-state index in [1.807, 2.05) is 30.3 Å². The van der Waals surface area contributed by atoms with E-state index in [-0.39, 0.29) is 12.4 Å². The fraction of sp³-hybridized carbons (Fsp3) is 0.286. The lowest BCUT2D eigenvalue weighted by molar-refractivity contribution is 0.423. The van der Waals surface area contributed by atoms with Crippen LogP contribution in [0.1, 0.15) is 5.56 Å². The third-order valence-corrected chi connectivity index (χ3v) is 7.58. The quantitative estimate of drug-likeness (QED) is 0.741. The second-order valence-corrected chi connectivity index (χ2v) is 8.39. The zero-order valence-corrected chi connectivity index (χ0v) is 15.8. The van der Waals surface area contributed by atoms with E-state index in [0.29, 0.717) is 34.7 Å². The highest BCUT2D eigenvalue weighted by molar-refractivity contribution is 9.10. The Morgan fingerprint density at radius 2 is 1.82 bits per heavy atom. The Labute approximate surface area is 149 Å². The van der Waals surface area contributed by atoms with Crippen molar-refractivity contribution in [1.82, 2.24) is 4.31 Å². The Balaban J connectivity index is 0.00000242. The highest BCUT2D eigenvalue weighted by Crippen LogP contribution is 2.30. The summed E-state index contributed by atoms with van der Waals surface area (Å²) in [5.41, 5.74) is 6.68. The van der Waals surface area contributed by atoms with E-state index in [4.69, 9.17) is 5.73 Å². The molecule has 0 aliphatic heterocycles. The molecule has 0 spiro atoms. The van der Waals surface area contributed by atoms with Crippen LogP contribution in [0.2, 0.25) is 0 Å². The van der Waals surface area contributed by atoms with Crippen LogP contribution in [0.15, 0.2) is 50.5 Å². The van der Waals surface area contributed by atoms with Crippen LogP contribution in [0.5, 0.6) is 0 Å². The molecule has 1 aromatic carbocycles. The number of thiophene rings is 1. The Morgan fingerprint density at radius 1 is 1.14 bits per heavy atom. The minimum atomic E-state index is -3.50. The molecule has 0 saturated heterocycles. The van der Waals surface area contributed by atoms with Gasteiger partial charge in [-0.15, -0.1) is 23.7 Å². The fourth-order valence-corrected chi connectivity index (χ4v) is 5.88. The van der Waals surface area contributed by atoms with Crippen molar-refractivity contribution in [3.63, 3.8) is 0 Å². The maximum Gasteiger partial charge on any atom is 0.253 e. The average molecular weight is 426 g/mol. The van der Waals surface area contributed by atoms with Crippen LogP contribution in [-0.2, 0) is 16.4 Å². The second-order valence-electron chi connectivity index (χ2n) is 4.48. The highest BCUT2D eigenvalue weighted by Gasteiger charge is 2.26. The van der Waals surface area contributed by atoms with Crippen LogP contribution < -0.4 is 5.73 Å². The number of sulfonamides is 1. The fourth-order valence-electron chi connectivity index (χ4n) is 1.98. The summed E-state index contributed by atoms with van der Waals surface area (Å²) in [7, 11) is -3.50. The SMILES string of the molecule is Cl.NCCN(CCc1ccccc1)S(=O)(=O)c1sccc1Br. The summed E-state index contributed by atoms with van der Waals surface area (Å²) in [5, 5.41) is 1.76. The summed E-state index contributed by atoms with van der Waals surface area (Å²) in [6.07, 6.45) is 0.670. The Hall–Kier alpha value is -0.440. The van der Waals surface area contributed by atoms with E-state index < -0.39 is 10.0 Å². The summed E-state index contributed by atoms with van der Waals surface area (Å²) >= 11 is 4.51. The molecule has 0 saturated carbocycles. The molecule has 2 aromatic rings. The molecule has 1 aromatic heterocycles. The van der Waals surface area contributed by atoms with E-state index in [1.54, 1.807) is 11.4 Å². The molecule has 0 fully saturated rings. The molecule has 0 aliphatic rings. The Kier molecular flexibility index (Phi) is 8.02. The van der Waals surface area contributed by atoms with E-state index in [1.165, 1.54) is 15.6 Å². The van der Waals surface area contributed by atoms with Gasteiger partial charge in [0, 0.05) is 24.1 Å².